The maximum atomic E-state index is 13.0. The van der Waals surface area contributed by atoms with Crippen LogP contribution in [0, 0.1) is 0 Å². The molecule has 0 aliphatic carbocycles. The van der Waals surface area contributed by atoms with E-state index in [-0.39, 0.29) is 10.0 Å². The van der Waals surface area contributed by atoms with E-state index in [0.717, 1.165) is 4.68 Å². The van der Waals surface area contributed by atoms with E-state index in [1.165, 1.54) is 19.3 Å². The van der Waals surface area contributed by atoms with Gasteiger partial charge in [0, 0.05) is 12.6 Å². The van der Waals surface area contributed by atoms with Crippen LogP contribution in [-0.2, 0) is 4.79 Å². The van der Waals surface area contributed by atoms with E-state index < -0.39 is 42.7 Å². The summed E-state index contributed by atoms with van der Waals surface area (Å²) in [6, 6.07) is -1.17. The molecule has 1 aromatic heterocycles. The highest BCUT2D eigenvalue weighted by molar-refractivity contribution is 6.30. The van der Waals surface area contributed by atoms with Crippen LogP contribution in [0.15, 0.2) is 17.5 Å². The van der Waals surface area contributed by atoms with Gasteiger partial charge in [-0.2, -0.15) is 15.2 Å². The van der Waals surface area contributed by atoms with Gasteiger partial charge in [-0.05, 0) is 6.92 Å². The summed E-state index contributed by atoms with van der Waals surface area (Å²) in [4.78, 5) is 12.2. The lowest BCUT2D eigenvalue weighted by molar-refractivity contribution is -0.194. The van der Waals surface area contributed by atoms with E-state index in [1.54, 1.807) is 0 Å². The van der Waals surface area contributed by atoms with Gasteiger partial charge in [-0.15, -0.1) is 0 Å². The molecule has 0 bridgehead atoms. The average Bonchev–Trinajstić information content (AvgIpc) is 3.02. The Balaban J connectivity index is 2.32. The van der Waals surface area contributed by atoms with Crippen molar-refractivity contribution in [3.05, 3.63) is 17.4 Å². The molecule has 2 rings (SSSR count). The molecule has 1 aliphatic heterocycles. The molecule has 0 fully saturated rings. The van der Waals surface area contributed by atoms with E-state index in [2.05, 4.69) is 10.2 Å². The van der Waals surface area contributed by atoms with E-state index >= 15 is 0 Å². The number of nitrogens with zero attached hydrogens (tertiary/aromatic N) is 4. The standard InChI is InChI=1S/C11H11ClF4N4O2/c1-5(19-4-6(12)3-17-19)9(21)20-11(22,10(15)16)2-7(18-20)8(13)14/h3-5,8,10,22H,2H2,1H3/t5-,11-/m1/s1. The molecule has 2 heterocycles. The van der Waals surface area contributed by atoms with Gasteiger partial charge in [-0.25, -0.2) is 17.6 Å². The number of aromatic nitrogens is 2. The first-order valence-electron chi connectivity index (χ1n) is 6.06. The van der Waals surface area contributed by atoms with Crippen molar-refractivity contribution in [1.82, 2.24) is 14.8 Å². The number of hydrogen-bond donors (Lipinski definition) is 1. The van der Waals surface area contributed by atoms with Crippen molar-refractivity contribution in [1.29, 1.82) is 0 Å². The normalized spacial score (nSPS) is 23.3. The van der Waals surface area contributed by atoms with Gasteiger partial charge in [0.25, 0.3) is 18.8 Å². The second-order valence-corrected chi connectivity index (χ2v) is 5.15. The van der Waals surface area contributed by atoms with Gasteiger partial charge in [0.05, 0.1) is 11.2 Å². The Hall–Kier alpha value is -1.68. The SMILES string of the molecule is C[C@H](C(=O)N1N=C(C(F)F)C[C@@]1(O)C(F)F)n1cc(Cl)cn1. The van der Waals surface area contributed by atoms with Crippen LogP contribution in [-0.4, -0.2) is 50.1 Å². The molecule has 1 N–H and O–H groups in total. The number of carbonyl (C=O) groups excluding carboxylic acids is 1. The molecule has 1 amide bonds. The Kier molecular flexibility index (Phi) is 4.43. The largest absolute Gasteiger partial charge is 0.364 e. The number of rotatable bonds is 4. The van der Waals surface area contributed by atoms with Crippen molar-refractivity contribution in [3.63, 3.8) is 0 Å². The first kappa shape index (κ1) is 16.7. The van der Waals surface area contributed by atoms with E-state index in [9.17, 15) is 27.5 Å². The quantitative estimate of drug-likeness (QED) is 0.850. The van der Waals surface area contributed by atoms with Gasteiger partial charge in [0.2, 0.25) is 5.72 Å². The van der Waals surface area contributed by atoms with Crippen molar-refractivity contribution >= 4 is 23.2 Å². The third-order valence-corrected chi connectivity index (χ3v) is 3.37. The zero-order valence-electron chi connectivity index (χ0n) is 11.1. The zero-order valence-corrected chi connectivity index (χ0v) is 11.9. The van der Waals surface area contributed by atoms with Gasteiger partial charge < -0.3 is 5.11 Å². The summed E-state index contributed by atoms with van der Waals surface area (Å²) in [6.07, 6.45) is -5.29. The van der Waals surface area contributed by atoms with Crippen LogP contribution in [0.25, 0.3) is 0 Å². The molecule has 1 aliphatic rings. The Morgan fingerprint density at radius 3 is 2.55 bits per heavy atom. The number of alkyl halides is 4. The predicted octanol–water partition coefficient (Wildman–Crippen LogP) is 1.90. The fourth-order valence-electron chi connectivity index (χ4n) is 1.94. The fourth-order valence-corrected chi connectivity index (χ4v) is 2.08. The summed E-state index contributed by atoms with van der Waals surface area (Å²) in [7, 11) is 0. The number of hydrazone groups is 1. The first-order valence-corrected chi connectivity index (χ1v) is 6.44. The highest BCUT2D eigenvalue weighted by Gasteiger charge is 2.54. The maximum Gasteiger partial charge on any atom is 0.287 e. The number of aliphatic hydroxyl groups is 1. The van der Waals surface area contributed by atoms with Crippen LogP contribution in [0.5, 0.6) is 0 Å². The number of carbonyl (C=O) groups is 1. The van der Waals surface area contributed by atoms with Crippen molar-refractivity contribution in [2.45, 2.75) is 38.0 Å². The molecule has 1 aromatic rings. The Morgan fingerprint density at radius 2 is 2.09 bits per heavy atom. The van der Waals surface area contributed by atoms with Crippen LogP contribution >= 0.6 is 11.6 Å². The number of hydrogen-bond acceptors (Lipinski definition) is 4. The summed E-state index contributed by atoms with van der Waals surface area (Å²) in [5, 5.41) is 17.0. The van der Waals surface area contributed by atoms with Crippen LogP contribution in [0.4, 0.5) is 17.6 Å². The molecule has 22 heavy (non-hydrogen) atoms. The second-order valence-electron chi connectivity index (χ2n) is 4.71. The zero-order chi connectivity index (χ0) is 16.7. The minimum atomic E-state index is -3.47. The van der Waals surface area contributed by atoms with Gasteiger partial charge >= 0.3 is 0 Å². The predicted molar refractivity (Wildman–Crippen MR) is 67.8 cm³/mol. The van der Waals surface area contributed by atoms with Crippen molar-refractivity contribution in [2.24, 2.45) is 5.10 Å². The maximum absolute atomic E-state index is 13.0. The first-order chi connectivity index (χ1) is 10.2. The molecule has 11 heteroatoms. The summed E-state index contributed by atoms with van der Waals surface area (Å²) < 4.78 is 52.4. The molecular weight excluding hydrogens is 332 g/mol. The van der Waals surface area contributed by atoms with Gasteiger partial charge in [0.1, 0.15) is 11.8 Å². The third-order valence-electron chi connectivity index (χ3n) is 3.17. The monoisotopic (exact) mass is 342 g/mol. The van der Waals surface area contributed by atoms with E-state index in [4.69, 9.17) is 11.6 Å². The summed E-state index contributed by atoms with van der Waals surface area (Å²) in [5.74, 6) is -1.11. The van der Waals surface area contributed by atoms with Gasteiger partial charge in [0.15, 0.2) is 0 Å². The molecule has 6 nitrogen and oxygen atoms in total. The summed E-state index contributed by atoms with van der Waals surface area (Å²) in [5.41, 5.74) is -4.09. The molecule has 0 aromatic carbocycles. The van der Waals surface area contributed by atoms with Gasteiger partial charge in [-0.1, -0.05) is 11.6 Å². The van der Waals surface area contributed by atoms with Crippen LogP contribution < -0.4 is 0 Å². The highest BCUT2D eigenvalue weighted by atomic mass is 35.5. The van der Waals surface area contributed by atoms with Gasteiger partial charge in [-0.3, -0.25) is 9.48 Å². The molecule has 2 atom stereocenters. The average molecular weight is 343 g/mol. The lowest BCUT2D eigenvalue weighted by Gasteiger charge is -2.31. The molecule has 0 saturated heterocycles. The van der Waals surface area contributed by atoms with Crippen molar-refractivity contribution < 1.29 is 27.5 Å². The lowest BCUT2D eigenvalue weighted by Crippen LogP contribution is -2.53. The van der Waals surface area contributed by atoms with Crippen LogP contribution in [0.1, 0.15) is 19.4 Å². The lowest BCUT2D eigenvalue weighted by atomic mass is 10.1. The minimum absolute atomic E-state index is 0.000584. The highest BCUT2D eigenvalue weighted by Crippen LogP contribution is 2.34. The van der Waals surface area contributed by atoms with Crippen LogP contribution in [0.3, 0.4) is 0 Å². The summed E-state index contributed by atoms with van der Waals surface area (Å²) >= 11 is 5.64. The van der Waals surface area contributed by atoms with E-state index in [1.807, 2.05) is 0 Å². The molecule has 0 saturated carbocycles. The Labute approximate surface area is 126 Å². The molecular formula is C11H11ClF4N4O2. The molecule has 0 unspecified atom stereocenters. The minimum Gasteiger partial charge on any atom is -0.364 e. The second kappa shape index (κ2) is 5.84. The number of amides is 1. The van der Waals surface area contributed by atoms with E-state index in [0.29, 0.717) is 0 Å². The van der Waals surface area contributed by atoms with Crippen molar-refractivity contribution in [3.8, 4) is 0 Å². The third kappa shape index (κ3) is 2.80. The smallest absolute Gasteiger partial charge is 0.287 e. The summed E-state index contributed by atoms with van der Waals surface area (Å²) in [6.45, 7) is 1.29. The molecule has 0 spiro atoms. The Bertz CT molecular complexity index is 609. The molecule has 0 radical (unpaired) electrons. The Morgan fingerprint density at radius 1 is 1.45 bits per heavy atom. The number of halogens is 5. The van der Waals surface area contributed by atoms with Crippen molar-refractivity contribution in [2.75, 3.05) is 0 Å². The van der Waals surface area contributed by atoms with Crippen LogP contribution in [0.2, 0.25) is 5.02 Å². The molecule has 122 valence electrons. The fraction of sp³-hybridized carbons (Fsp3) is 0.545. The topological polar surface area (TPSA) is 70.7 Å².